The third-order valence-electron chi connectivity index (χ3n) is 1.31. The molecular weight excluding hydrogens is 162 g/mol. The van der Waals surface area contributed by atoms with Gasteiger partial charge < -0.3 is 4.98 Å². The van der Waals surface area contributed by atoms with Crippen LogP contribution in [0.2, 0.25) is 0 Å². The second-order valence-electron chi connectivity index (χ2n) is 2.12. The van der Waals surface area contributed by atoms with Crippen LogP contribution in [0.15, 0.2) is 11.1 Å². The van der Waals surface area contributed by atoms with Gasteiger partial charge in [-0.2, -0.15) is 0 Å². The van der Waals surface area contributed by atoms with Crippen molar-refractivity contribution in [1.29, 1.82) is 0 Å². The highest BCUT2D eigenvalue weighted by Crippen LogP contribution is 2.13. The molecule has 0 fully saturated rings. The van der Waals surface area contributed by atoms with E-state index in [9.17, 15) is 4.79 Å². The highest BCUT2D eigenvalue weighted by atomic mass is 32.1. The molecule has 2 heterocycles. The van der Waals surface area contributed by atoms with Gasteiger partial charge in [-0.3, -0.25) is 4.79 Å². The van der Waals surface area contributed by atoms with Crippen LogP contribution in [-0.4, -0.2) is 15.0 Å². The standard InChI is InChI=1S/C6H5N3OS/c1-3-9-4-5(10)7-2-8-6(4)11-3/h2H,1H3,(H,7,8,10). The molecule has 0 spiro atoms. The molecule has 0 aliphatic rings. The third kappa shape index (κ3) is 0.932. The lowest BCUT2D eigenvalue weighted by Gasteiger charge is -1.81. The van der Waals surface area contributed by atoms with Gasteiger partial charge in [-0.05, 0) is 6.92 Å². The zero-order valence-corrected chi connectivity index (χ0v) is 6.60. The average Bonchev–Trinajstić information content (AvgIpc) is 2.31. The first-order valence-electron chi connectivity index (χ1n) is 3.08. The van der Waals surface area contributed by atoms with Crippen LogP contribution in [0.5, 0.6) is 0 Å². The maximum absolute atomic E-state index is 11.0. The fourth-order valence-electron chi connectivity index (χ4n) is 0.870. The summed E-state index contributed by atoms with van der Waals surface area (Å²) < 4.78 is 0. The van der Waals surface area contributed by atoms with Crippen molar-refractivity contribution >= 4 is 21.7 Å². The van der Waals surface area contributed by atoms with Crippen molar-refractivity contribution in [2.24, 2.45) is 0 Å². The quantitative estimate of drug-likeness (QED) is 0.628. The largest absolute Gasteiger partial charge is 0.311 e. The van der Waals surface area contributed by atoms with Crippen LogP contribution >= 0.6 is 11.3 Å². The van der Waals surface area contributed by atoms with Crippen LogP contribution in [0.4, 0.5) is 0 Å². The number of thiazole rings is 1. The van der Waals surface area contributed by atoms with E-state index in [1.807, 2.05) is 6.92 Å². The molecule has 0 atom stereocenters. The number of aromatic nitrogens is 3. The molecule has 0 aliphatic carbocycles. The first-order valence-corrected chi connectivity index (χ1v) is 3.90. The maximum Gasteiger partial charge on any atom is 0.278 e. The van der Waals surface area contributed by atoms with Crippen molar-refractivity contribution in [2.75, 3.05) is 0 Å². The van der Waals surface area contributed by atoms with E-state index in [1.165, 1.54) is 17.7 Å². The van der Waals surface area contributed by atoms with Gasteiger partial charge in [0.05, 0.1) is 11.3 Å². The van der Waals surface area contributed by atoms with E-state index in [4.69, 9.17) is 0 Å². The number of hydrogen-bond acceptors (Lipinski definition) is 4. The zero-order chi connectivity index (χ0) is 7.84. The number of aromatic amines is 1. The molecule has 5 heteroatoms. The Labute approximate surface area is 65.9 Å². The van der Waals surface area contributed by atoms with Crippen LogP contribution in [-0.2, 0) is 0 Å². The summed E-state index contributed by atoms with van der Waals surface area (Å²) in [4.78, 5) is 22.2. The summed E-state index contributed by atoms with van der Waals surface area (Å²) in [5, 5.41) is 0.865. The fraction of sp³-hybridized carbons (Fsp3) is 0.167. The smallest absolute Gasteiger partial charge is 0.278 e. The average molecular weight is 167 g/mol. The van der Waals surface area contributed by atoms with Gasteiger partial charge in [0, 0.05) is 0 Å². The lowest BCUT2D eigenvalue weighted by molar-refractivity contribution is 1.16. The summed E-state index contributed by atoms with van der Waals surface area (Å²) in [6.07, 6.45) is 1.39. The lowest BCUT2D eigenvalue weighted by atomic mass is 10.6. The summed E-state index contributed by atoms with van der Waals surface area (Å²) in [7, 11) is 0. The molecule has 2 rings (SSSR count). The molecule has 0 bridgehead atoms. The number of fused-ring (bicyclic) bond motifs is 1. The summed E-state index contributed by atoms with van der Waals surface area (Å²) in [5.41, 5.74) is 0.273. The number of hydrogen-bond donors (Lipinski definition) is 1. The van der Waals surface area contributed by atoms with Gasteiger partial charge in [0.2, 0.25) is 0 Å². The summed E-state index contributed by atoms with van der Waals surface area (Å²) in [6.45, 7) is 1.85. The molecule has 0 unspecified atom stereocenters. The van der Waals surface area contributed by atoms with Crippen LogP contribution in [0, 0.1) is 6.92 Å². The van der Waals surface area contributed by atoms with E-state index in [0.29, 0.717) is 10.3 Å². The van der Waals surface area contributed by atoms with Gasteiger partial charge in [-0.25, -0.2) is 9.97 Å². The minimum absolute atomic E-state index is 0.167. The van der Waals surface area contributed by atoms with Crippen molar-refractivity contribution in [3.8, 4) is 0 Å². The molecule has 0 saturated carbocycles. The molecule has 56 valence electrons. The SMILES string of the molecule is Cc1nc2c(=O)[nH]cnc2s1. The topological polar surface area (TPSA) is 58.6 Å². The van der Waals surface area contributed by atoms with Gasteiger partial charge in [-0.1, -0.05) is 11.3 Å². The van der Waals surface area contributed by atoms with E-state index in [-0.39, 0.29) is 5.56 Å². The second-order valence-corrected chi connectivity index (χ2v) is 3.30. The molecule has 0 radical (unpaired) electrons. The Morgan fingerprint density at radius 2 is 2.45 bits per heavy atom. The lowest BCUT2D eigenvalue weighted by Crippen LogP contribution is -2.05. The molecular formula is C6H5N3OS. The Kier molecular flexibility index (Phi) is 1.25. The minimum Gasteiger partial charge on any atom is -0.311 e. The predicted octanol–water partition coefficient (Wildman–Crippen LogP) is 0.688. The molecule has 11 heavy (non-hydrogen) atoms. The monoisotopic (exact) mass is 167 g/mol. The van der Waals surface area contributed by atoms with Crippen molar-refractivity contribution in [3.63, 3.8) is 0 Å². The first kappa shape index (κ1) is 6.48. The van der Waals surface area contributed by atoms with Crippen LogP contribution in [0.1, 0.15) is 5.01 Å². The minimum atomic E-state index is -0.167. The Morgan fingerprint density at radius 1 is 1.64 bits per heavy atom. The highest BCUT2D eigenvalue weighted by Gasteiger charge is 2.03. The maximum atomic E-state index is 11.0. The van der Waals surface area contributed by atoms with Crippen LogP contribution in [0.25, 0.3) is 10.3 Å². The number of rotatable bonds is 0. The highest BCUT2D eigenvalue weighted by molar-refractivity contribution is 7.18. The molecule has 0 aliphatic heterocycles. The second kappa shape index (κ2) is 2.13. The Balaban J connectivity index is 3.02. The molecule has 0 aromatic carbocycles. The van der Waals surface area contributed by atoms with Crippen molar-refractivity contribution in [2.45, 2.75) is 6.92 Å². The van der Waals surface area contributed by atoms with Gasteiger partial charge in [0.25, 0.3) is 5.56 Å². The summed E-state index contributed by atoms with van der Waals surface area (Å²) >= 11 is 1.42. The number of H-pyrrole nitrogens is 1. The Hall–Kier alpha value is -1.23. The van der Waals surface area contributed by atoms with E-state index in [0.717, 1.165) is 5.01 Å². The number of aryl methyl sites for hydroxylation is 1. The Bertz CT molecular complexity index is 444. The number of nitrogens with one attached hydrogen (secondary N) is 1. The zero-order valence-electron chi connectivity index (χ0n) is 5.79. The molecule has 2 aromatic rings. The summed E-state index contributed by atoms with van der Waals surface area (Å²) in [5.74, 6) is 0. The molecule has 1 N–H and O–H groups in total. The van der Waals surface area contributed by atoms with Gasteiger partial charge >= 0.3 is 0 Å². The summed E-state index contributed by atoms with van der Waals surface area (Å²) in [6, 6.07) is 0. The normalized spacial score (nSPS) is 10.6. The van der Waals surface area contributed by atoms with Gasteiger partial charge in [-0.15, -0.1) is 0 Å². The Morgan fingerprint density at radius 3 is 3.18 bits per heavy atom. The van der Waals surface area contributed by atoms with Gasteiger partial charge in [0.1, 0.15) is 0 Å². The van der Waals surface area contributed by atoms with E-state index >= 15 is 0 Å². The van der Waals surface area contributed by atoms with Gasteiger partial charge in [0.15, 0.2) is 10.3 Å². The third-order valence-corrected chi connectivity index (χ3v) is 2.19. The number of nitrogens with zero attached hydrogens (tertiary/aromatic N) is 2. The van der Waals surface area contributed by atoms with Crippen molar-refractivity contribution in [1.82, 2.24) is 15.0 Å². The van der Waals surface area contributed by atoms with Crippen LogP contribution < -0.4 is 5.56 Å². The molecule has 2 aromatic heterocycles. The molecule has 0 saturated heterocycles. The van der Waals surface area contributed by atoms with E-state index in [1.54, 1.807) is 0 Å². The molecule has 0 amide bonds. The predicted molar refractivity (Wildman–Crippen MR) is 42.8 cm³/mol. The van der Waals surface area contributed by atoms with Crippen LogP contribution in [0.3, 0.4) is 0 Å². The van der Waals surface area contributed by atoms with E-state index in [2.05, 4.69) is 15.0 Å². The van der Waals surface area contributed by atoms with E-state index < -0.39 is 0 Å². The first-order chi connectivity index (χ1) is 5.27. The fourth-order valence-corrected chi connectivity index (χ4v) is 1.63. The van der Waals surface area contributed by atoms with Crippen molar-refractivity contribution in [3.05, 3.63) is 21.7 Å². The van der Waals surface area contributed by atoms with Crippen molar-refractivity contribution < 1.29 is 0 Å². The molecule has 4 nitrogen and oxygen atoms in total.